The number of nitrogens with two attached hydrogens (primary N) is 1. The van der Waals surface area contributed by atoms with Crippen LogP contribution in [0.15, 0.2) is 109 Å². The smallest absolute Gasteiger partial charge is 0.411 e. The summed E-state index contributed by atoms with van der Waals surface area (Å²) in [5.41, 5.74) is 11.6. The van der Waals surface area contributed by atoms with E-state index in [1.807, 2.05) is 85.8 Å². The zero-order valence-electron chi connectivity index (χ0n) is 43.1. The van der Waals surface area contributed by atoms with Crippen LogP contribution in [-0.2, 0) is 57.8 Å². The lowest BCUT2D eigenvalue weighted by molar-refractivity contribution is -0.149. The molecule has 13 nitrogen and oxygen atoms in total. The topological polar surface area (TPSA) is 166 Å². The predicted molar refractivity (Wildman–Crippen MR) is 277 cm³/mol. The van der Waals surface area contributed by atoms with Crippen LogP contribution in [0.2, 0.25) is 0 Å². The SMILES string of the molecule is CCCc1cccc(C[C@H](C)[C@H](O)[C@H]2C(=O)N(Cc3ccccc3)CCN2C(=O)OC(C)(C)C)c1.CCCc1cccc(C[C@H](N)[C@H](O)[C@H]2C(=O)N(Cc3ccccc3)CCN2C(=O)OC(C)(C)C)c1.[HH]. The summed E-state index contributed by atoms with van der Waals surface area (Å²) < 4.78 is 11.2. The van der Waals surface area contributed by atoms with Gasteiger partial charge in [0.25, 0.3) is 0 Å². The number of carbonyl (C=O) groups excluding carboxylic acids is 4. The summed E-state index contributed by atoms with van der Waals surface area (Å²) in [7, 11) is 0. The van der Waals surface area contributed by atoms with Crippen molar-refractivity contribution in [3.63, 3.8) is 0 Å². The molecule has 0 aromatic heterocycles. The van der Waals surface area contributed by atoms with Crippen molar-refractivity contribution in [1.29, 1.82) is 0 Å². The van der Waals surface area contributed by atoms with Crippen molar-refractivity contribution in [2.24, 2.45) is 11.7 Å². The van der Waals surface area contributed by atoms with Gasteiger partial charge in [-0.3, -0.25) is 19.4 Å². The molecule has 0 radical (unpaired) electrons. The summed E-state index contributed by atoms with van der Waals surface area (Å²) in [6.45, 7) is 19.1. The van der Waals surface area contributed by atoms with Crippen LogP contribution in [0.25, 0.3) is 0 Å². The number of ether oxygens (including phenoxy) is 2. The van der Waals surface area contributed by atoms with Gasteiger partial charge >= 0.3 is 12.2 Å². The highest BCUT2D eigenvalue weighted by atomic mass is 16.6. The van der Waals surface area contributed by atoms with Crippen molar-refractivity contribution in [3.05, 3.63) is 143 Å². The van der Waals surface area contributed by atoms with Crippen molar-refractivity contribution < 1.29 is 40.3 Å². The standard InChI is InChI=1S/C29H40N2O4.C28H39N3O4.H2/c1-6-11-22-14-10-15-24(19-22)18-21(2)26(32)25-27(33)30(20-23-12-8-7-9-13-23)16-17-31(25)28(34)35-29(3,4)5;1-5-10-20-13-9-14-22(17-20)18-23(29)25(32)24-26(33)30(19-21-11-7-6-8-12-21)15-16-31(24)27(34)35-28(2,3)4;/h7-10,12-15,19,21,25-26,32H,6,11,16-18,20H2,1-5H3;6-9,11-14,17,23-25,32H,5,10,15-16,18-19,29H2,1-4H3;1H/t21-,25-,26-;23-,24-,25-;/m00./s1. The number of hydrogen-bond acceptors (Lipinski definition) is 9. The predicted octanol–water partition coefficient (Wildman–Crippen LogP) is 8.59. The number of carbonyl (C=O) groups is 4. The van der Waals surface area contributed by atoms with E-state index < -0.39 is 53.7 Å². The van der Waals surface area contributed by atoms with Gasteiger partial charge in [0, 0.05) is 46.7 Å². The zero-order chi connectivity index (χ0) is 51.2. The molecule has 2 aliphatic rings. The van der Waals surface area contributed by atoms with E-state index in [-0.39, 0.29) is 25.7 Å². The van der Waals surface area contributed by atoms with E-state index in [2.05, 4.69) is 44.2 Å². The number of aliphatic hydroxyl groups is 2. The van der Waals surface area contributed by atoms with Gasteiger partial charge in [-0.15, -0.1) is 0 Å². The molecule has 6 rings (SSSR count). The monoisotopic (exact) mass is 964 g/mol. The Balaban J connectivity index is 0.000000304. The average molecular weight is 964 g/mol. The molecule has 4 aromatic rings. The molecular formula is C57H81N5O8. The molecule has 2 aliphatic heterocycles. The van der Waals surface area contributed by atoms with Crippen LogP contribution < -0.4 is 5.73 Å². The highest BCUT2D eigenvalue weighted by Crippen LogP contribution is 2.27. The van der Waals surface area contributed by atoms with E-state index in [9.17, 15) is 29.4 Å². The third-order valence-electron chi connectivity index (χ3n) is 12.5. The summed E-state index contributed by atoms with van der Waals surface area (Å²) in [6.07, 6.45) is 1.63. The molecule has 2 heterocycles. The fraction of sp³-hybridized carbons (Fsp3) is 0.509. The Hall–Kier alpha value is -5.76. The summed E-state index contributed by atoms with van der Waals surface area (Å²) in [6, 6.07) is 33.1. The lowest BCUT2D eigenvalue weighted by Crippen LogP contribution is -2.65. The van der Waals surface area contributed by atoms with Gasteiger partial charge in [0.1, 0.15) is 23.3 Å². The molecule has 70 heavy (non-hydrogen) atoms. The Morgan fingerprint density at radius 3 is 1.36 bits per heavy atom. The van der Waals surface area contributed by atoms with Crippen LogP contribution in [0.5, 0.6) is 0 Å². The summed E-state index contributed by atoms with van der Waals surface area (Å²) in [5.74, 6) is -0.805. The zero-order valence-corrected chi connectivity index (χ0v) is 43.1. The number of piperazine rings is 2. The first-order valence-electron chi connectivity index (χ1n) is 25.1. The van der Waals surface area contributed by atoms with Gasteiger partial charge in [0.05, 0.1) is 12.2 Å². The minimum Gasteiger partial charge on any atom is -0.444 e. The minimum atomic E-state index is -1.25. The van der Waals surface area contributed by atoms with Crippen LogP contribution >= 0.6 is 0 Å². The average Bonchev–Trinajstić information content (AvgIpc) is 3.30. The Kier molecular flexibility index (Phi) is 20.0. The van der Waals surface area contributed by atoms with Crippen molar-refractivity contribution in [1.82, 2.24) is 19.6 Å². The van der Waals surface area contributed by atoms with Crippen molar-refractivity contribution in [3.8, 4) is 0 Å². The van der Waals surface area contributed by atoms with Gasteiger partial charge in [-0.25, -0.2) is 9.59 Å². The molecule has 4 N–H and O–H groups in total. The third-order valence-corrected chi connectivity index (χ3v) is 12.5. The maximum absolute atomic E-state index is 13.7. The van der Waals surface area contributed by atoms with E-state index in [1.165, 1.54) is 20.9 Å². The van der Waals surface area contributed by atoms with Crippen molar-refractivity contribution in [2.75, 3.05) is 26.2 Å². The lowest BCUT2D eigenvalue weighted by Gasteiger charge is -2.43. The number of nitrogens with zero attached hydrogens (tertiary/aromatic N) is 4. The second-order valence-electron chi connectivity index (χ2n) is 20.9. The van der Waals surface area contributed by atoms with E-state index in [0.29, 0.717) is 45.6 Å². The molecule has 0 spiro atoms. The molecular weight excluding hydrogens is 883 g/mol. The minimum absolute atomic E-state index is 0. The van der Waals surface area contributed by atoms with E-state index in [1.54, 1.807) is 51.3 Å². The largest absolute Gasteiger partial charge is 0.444 e. The van der Waals surface area contributed by atoms with Crippen LogP contribution in [0.4, 0.5) is 9.59 Å². The van der Waals surface area contributed by atoms with E-state index in [0.717, 1.165) is 47.9 Å². The highest BCUT2D eigenvalue weighted by molar-refractivity contribution is 5.88. The van der Waals surface area contributed by atoms with Crippen LogP contribution in [0, 0.1) is 5.92 Å². The number of aryl methyl sites for hydroxylation is 2. The van der Waals surface area contributed by atoms with Gasteiger partial charge in [-0.2, -0.15) is 0 Å². The fourth-order valence-corrected chi connectivity index (χ4v) is 9.06. The van der Waals surface area contributed by atoms with Gasteiger partial charge in [-0.05, 0) is 107 Å². The fourth-order valence-electron chi connectivity index (χ4n) is 9.06. The molecule has 13 heteroatoms. The van der Waals surface area contributed by atoms with Crippen LogP contribution in [-0.4, -0.2) is 122 Å². The number of benzene rings is 4. The van der Waals surface area contributed by atoms with E-state index >= 15 is 0 Å². The molecule has 0 unspecified atom stereocenters. The Morgan fingerprint density at radius 2 is 0.957 bits per heavy atom. The van der Waals surface area contributed by atoms with Gasteiger partial charge in [-0.1, -0.05) is 143 Å². The Bertz CT molecular complexity index is 2140. The second kappa shape index (κ2) is 25.4. The van der Waals surface area contributed by atoms with Crippen LogP contribution in [0.1, 0.15) is 110 Å². The van der Waals surface area contributed by atoms with E-state index in [4.69, 9.17) is 15.2 Å². The maximum atomic E-state index is 13.7. The quantitative estimate of drug-likeness (QED) is 0.0997. The van der Waals surface area contributed by atoms with Crippen molar-refractivity contribution >= 4 is 24.0 Å². The molecule has 0 saturated carbocycles. The Labute approximate surface area is 418 Å². The lowest BCUT2D eigenvalue weighted by atomic mass is 9.88. The molecule has 0 aliphatic carbocycles. The van der Waals surface area contributed by atoms with Crippen LogP contribution in [0.3, 0.4) is 0 Å². The number of amides is 4. The first-order chi connectivity index (χ1) is 33.2. The first kappa shape index (κ1) is 55.2. The van der Waals surface area contributed by atoms with Gasteiger partial charge in [0.15, 0.2) is 0 Å². The van der Waals surface area contributed by atoms with Crippen molar-refractivity contribution in [2.45, 2.75) is 155 Å². The summed E-state index contributed by atoms with van der Waals surface area (Å²) in [4.78, 5) is 59.5. The molecule has 4 amide bonds. The molecule has 2 saturated heterocycles. The molecule has 382 valence electrons. The van der Waals surface area contributed by atoms with Gasteiger partial charge < -0.3 is 35.2 Å². The highest BCUT2D eigenvalue weighted by Gasteiger charge is 2.46. The van der Waals surface area contributed by atoms with Gasteiger partial charge in [0.2, 0.25) is 11.8 Å². The third kappa shape index (κ3) is 16.1. The second-order valence-corrected chi connectivity index (χ2v) is 20.9. The summed E-state index contributed by atoms with van der Waals surface area (Å²) >= 11 is 0. The molecule has 2 fully saturated rings. The first-order valence-corrected chi connectivity index (χ1v) is 25.1. The number of aliphatic hydroxyl groups excluding tert-OH is 2. The number of rotatable bonds is 16. The molecule has 0 bridgehead atoms. The number of hydrogen-bond donors (Lipinski definition) is 3. The normalized spacial score (nSPS) is 18.3. The maximum Gasteiger partial charge on any atom is 0.411 e. The summed E-state index contributed by atoms with van der Waals surface area (Å²) in [5, 5.41) is 22.8. The molecule has 6 atom stereocenters. The molecule has 4 aromatic carbocycles. The Morgan fingerprint density at radius 1 is 0.586 bits per heavy atom.